The van der Waals surface area contributed by atoms with Gasteiger partial charge in [-0.3, -0.25) is 9.69 Å². The fourth-order valence-electron chi connectivity index (χ4n) is 3.61. The summed E-state index contributed by atoms with van der Waals surface area (Å²) in [5.74, 6) is -0.101. The largest absolute Gasteiger partial charge is 0.467 e. The molecule has 2 aromatic carbocycles. The van der Waals surface area contributed by atoms with Gasteiger partial charge in [-0.25, -0.2) is 4.79 Å². The number of nitrogens with zero attached hydrogens (tertiary/aromatic N) is 1. The SMILES string of the molecule is CN1C(=O)N[C@H]2c3ccccc3O[C@@]1(C)[C@H]2C(=O)Nc1ccccc1. The van der Waals surface area contributed by atoms with Crippen molar-refractivity contribution < 1.29 is 14.3 Å². The van der Waals surface area contributed by atoms with Crippen molar-refractivity contribution in [3.63, 3.8) is 0 Å². The number of hydrogen-bond donors (Lipinski definition) is 2. The first-order valence-corrected chi connectivity index (χ1v) is 8.19. The molecular weight excluding hydrogens is 318 g/mol. The number of urea groups is 1. The monoisotopic (exact) mass is 337 g/mol. The van der Waals surface area contributed by atoms with E-state index in [0.29, 0.717) is 11.4 Å². The van der Waals surface area contributed by atoms with Crippen molar-refractivity contribution in [1.29, 1.82) is 0 Å². The summed E-state index contributed by atoms with van der Waals surface area (Å²) in [5.41, 5.74) is 0.455. The van der Waals surface area contributed by atoms with Crippen LogP contribution in [0.3, 0.4) is 0 Å². The number of nitrogens with one attached hydrogen (secondary N) is 2. The summed E-state index contributed by atoms with van der Waals surface area (Å²) < 4.78 is 6.15. The summed E-state index contributed by atoms with van der Waals surface area (Å²) in [6.45, 7) is 1.78. The highest BCUT2D eigenvalue weighted by atomic mass is 16.5. The van der Waals surface area contributed by atoms with Crippen LogP contribution in [-0.2, 0) is 4.79 Å². The zero-order valence-corrected chi connectivity index (χ0v) is 14.0. The van der Waals surface area contributed by atoms with Gasteiger partial charge in [-0.05, 0) is 25.1 Å². The van der Waals surface area contributed by atoms with E-state index in [-0.39, 0.29) is 11.9 Å². The Bertz CT molecular complexity index is 839. The van der Waals surface area contributed by atoms with Crippen LogP contribution < -0.4 is 15.4 Å². The van der Waals surface area contributed by atoms with Gasteiger partial charge >= 0.3 is 6.03 Å². The molecule has 2 aliphatic rings. The van der Waals surface area contributed by atoms with Crippen LogP contribution in [0.5, 0.6) is 5.75 Å². The normalized spacial score (nSPS) is 27.0. The molecule has 3 amide bonds. The predicted molar refractivity (Wildman–Crippen MR) is 93.1 cm³/mol. The van der Waals surface area contributed by atoms with Crippen molar-refractivity contribution in [3.05, 3.63) is 60.2 Å². The molecule has 2 aromatic rings. The molecule has 2 N–H and O–H groups in total. The number of amides is 3. The highest BCUT2D eigenvalue weighted by Crippen LogP contribution is 2.47. The number of ether oxygens (including phenoxy) is 1. The van der Waals surface area contributed by atoms with Gasteiger partial charge in [-0.15, -0.1) is 0 Å². The van der Waals surface area contributed by atoms with Gasteiger partial charge in [0.05, 0.1) is 6.04 Å². The molecule has 25 heavy (non-hydrogen) atoms. The third-order valence-electron chi connectivity index (χ3n) is 5.05. The number of para-hydroxylation sites is 2. The molecule has 6 nitrogen and oxygen atoms in total. The summed E-state index contributed by atoms with van der Waals surface area (Å²) in [5, 5.41) is 5.88. The summed E-state index contributed by atoms with van der Waals surface area (Å²) in [6.07, 6.45) is 0. The average molecular weight is 337 g/mol. The summed E-state index contributed by atoms with van der Waals surface area (Å²) in [7, 11) is 1.64. The number of fused-ring (bicyclic) bond motifs is 4. The van der Waals surface area contributed by atoms with E-state index in [1.807, 2.05) is 54.6 Å². The predicted octanol–water partition coefficient (Wildman–Crippen LogP) is 2.75. The zero-order valence-electron chi connectivity index (χ0n) is 14.0. The number of rotatable bonds is 2. The lowest BCUT2D eigenvalue weighted by Crippen LogP contribution is -2.70. The van der Waals surface area contributed by atoms with Crippen molar-refractivity contribution in [3.8, 4) is 5.75 Å². The molecule has 2 bridgehead atoms. The minimum absolute atomic E-state index is 0.194. The van der Waals surface area contributed by atoms with E-state index in [4.69, 9.17) is 4.74 Å². The molecule has 0 aromatic heterocycles. The van der Waals surface area contributed by atoms with E-state index in [1.54, 1.807) is 14.0 Å². The molecule has 0 saturated carbocycles. The van der Waals surface area contributed by atoms with Crippen molar-refractivity contribution in [2.75, 3.05) is 12.4 Å². The molecule has 4 rings (SSSR count). The van der Waals surface area contributed by atoms with Crippen LogP contribution in [0.4, 0.5) is 10.5 Å². The second-order valence-electron chi connectivity index (χ2n) is 6.51. The lowest BCUT2D eigenvalue weighted by molar-refractivity contribution is -0.150. The molecule has 6 heteroatoms. The lowest BCUT2D eigenvalue weighted by Gasteiger charge is -2.53. The molecule has 2 heterocycles. The molecule has 2 aliphatic heterocycles. The minimum atomic E-state index is -1.07. The maximum absolute atomic E-state index is 13.1. The first-order chi connectivity index (χ1) is 12.0. The molecular formula is C19H19N3O3. The van der Waals surface area contributed by atoms with Crippen LogP contribution in [0, 0.1) is 5.92 Å². The zero-order chi connectivity index (χ0) is 17.6. The molecule has 0 spiro atoms. The van der Waals surface area contributed by atoms with E-state index in [2.05, 4.69) is 10.6 Å². The average Bonchev–Trinajstić information content (AvgIpc) is 2.60. The second kappa shape index (κ2) is 5.51. The number of carbonyl (C=O) groups excluding carboxylic acids is 2. The maximum Gasteiger partial charge on any atom is 0.320 e. The van der Waals surface area contributed by atoms with Crippen LogP contribution >= 0.6 is 0 Å². The molecule has 128 valence electrons. The second-order valence-corrected chi connectivity index (χ2v) is 6.51. The Labute approximate surface area is 145 Å². The fraction of sp³-hybridized carbons (Fsp3) is 0.263. The van der Waals surface area contributed by atoms with Gasteiger partial charge in [0.15, 0.2) is 5.72 Å². The van der Waals surface area contributed by atoms with Crippen LogP contribution in [0.15, 0.2) is 54.6 Å². The Morgan fingerprint density at radius 1 is 1.16 bits per heavy atom. The van der Waals surface area contributed by atoms with Gasteiger partial charge in [0.1, 0.15) is 11.7 Å². The van der Waals surface area contributed by atoms with Crippen molar-refractivity contribution in [2.45, 2.75) is 18.7 Å². The van der Waals surface area contributed by atoms with Crippen molar-refractivity contribution in [1.82, 2.24) is 10.2 Å². The Kier molecular flexibility index (Phi) is 3.42. The number of hydrogen-bond acceptors (Lipinski definition) is 3. The van der Waals surface area contributed by atoms with Crippen LogP contribution in [0.25, 0.3) is 0 Å². The molecule has 0 unspecified atom stereocenters. The maximum atomic E-state index is 13.1. The number of carbonyl (C=O) groups is 2. The molecule has 1 fully saturated rings. The summed E-state index contributed by atoms with van der Waals surface area (Å²) >= 11 is 0. The first kappa shape index (κ1) is 15.5. The quantitative estimate of drug-likeness (QED) is 0.885. The number of benzene rings is 2. The van der Waals surface area contributed by atoms with E-state index in [1.165, 1.54) is 4.90 Å². The van der Waals surface area contributed by atoms with E-state index < -0.39 is 17.7 Å². The van der Waals surface area contributed by atoms with Gasteiger partial charge in [-0.1, -0.05) is 36.4 Å². The highest BCUT2D eigenvalue weighted by molar-refractivity contribution is 5.96. The molecule has 0 aliphatic carbocycles. The first-order valence-electron chi connectivity index (χ1n) is 8.19. The number of anilines is 1. The molecule has 3 atom stereocenters. The Morgan fingerprint density at radius 2 is 1.84 bits per heavy atom. The smallest absolute Gasteiger partial charge is 0.320 e. The van der Waals surface area contributed by atoms with E-state index in [9.17, 15) is 9.59 Å². The minimum Gasteiger partial charge on any atom is -0.467 e. The third kappa shape index (κ3) is 2.33. The van der Waals surface area contributed by atoms with Crippen molar-refractivity contribution in [2.24, 2.45) is 5.92 Å². The molecule has 1 saturated heterocycles. The van der Waals surface area contributed by atoms with Gasteiger partial charge in [0.2, 0.25) is 5.91 Å². The third-order valence-corrected chi connectivity index (χ3v) is 5.05. The van der Waals surface area contributed by atoms with E-state index >= 15 is 0 Å². The lowest BCUT2D eigenvalue weighted by atomic mass is 9.79. The van der Waals surface area contributed by atoms with Crippen LogP contribution in [0.1, 0.15) is 18.5 Å². The Morgan fingerprint density at radius 3 is 2.60 bits per heavy atom. The standard InChI is InChI=1S/C19H19N3O3/c1-19-15(17(23)20-12-8-4-3-5-9-12)16(21-18(24)22(19)2)13-10-6-7-11-14(13)25-19/h3-11,15-16H,1-2H3,(H,20,23)(H,21,24)/t15-,16+,19+/m1/s1. The van der Waals surface area contributed by atoms with Gasteiger partial charge < -0.3 is 15.4 Å². The van der Waals surface area contributed by atoms with Crippen LogP contribution in [-0.4, -0.2) is 29.6 Å². The van der Waals surface area contributed by atoms with Crippen LogP contribution in [0.2, 0.25) is 0 Å². The summed E-state index contributed by atoms with van der Waals surface area (Å²) in [6, 6.07) is 16.1. The van der Waals surface area contributed by atoms with Gasteiger partial charge in [0.25, 0.3) is 0 Å². The summed E-state index contributed by atoms with van der Waals surface area (Å²) in [4.78, 5) is 26.9. The van der Waals surface area contributed by atoms with Gasteiger partial charge in [-0.2, -0.15) is 0 Å². The Hall–Kier alpha value is -3.02. The fourth-order valence-corrected chi connectivity index (χ4v) is 3.61. The van der Waals surface area contributed by atoms with E-state index in [0.717, 1.165) is 5.56 Å². The van der Waals surface area contributed by atoms with Gasteiger partial charge in [0, 0.05) is 18.3 Å². The molecule has 0 radical (unpaired) electrons. The van der Waals surface area contributed by atoms with Crippen molar-refractivity contribution >= 4 is 17.6 Å². The Balaban J connectivity index is 1.76. The highest BCUT2D eigenvalue weighted by Gasteiger charge is 2.58. The topological polar surface area (TPSA) is 70.7 Å².